The van der Waals surface area contributed by atoms with Crippen molar-refractivity contribution < 1.29 is 17.5 Å². The minimum atomic E-state index is -4.06. The molecule has 1 unspecified atom stereocenters. The molecule has 1 aliphatic heterocycles. The van der Waals surface area contributed by atoms with Crippen LogP contribution in [0, 0.1) is 5.82 Å². The Labute approximate surface area is 163 Å². The zero-order chi connectivity index (χ0) is 18.0. The molecule has 1 atom stereocenters. The first kappa shape index (κ1) is 20.9. The molecule has 0 spiro atoms. The number of benzene rings is 2. The van der Waals surface area contributed by atoms with E-state index in [2.05, 4.69) is 5.32 Å². The van der Waals surface area contributed by atoms with Gasteiger partial charge in [0, 0.05) is 25.2 Å². The van der Waals surface area contributed by atoms with E-state index in [4.69, 9.17) is 16.3 Å². The second-order valence-corrected chi connectivity index (χ2v) is 7.90. The fourth-order valence-electron chi connectivity index (χ4n) is 2.99. The van der Waals surface area contributed by atoms with E-state index in [1.54, 1.807) is 6.07 Å². The summed E-state index contributed by atoms with van der Waals surface area (Å²) in [5.74, 6) is -0.343. The van der Waals surface area contributed by atoms with Crippen LogP contribution in [0.1, 0.15) is 11.6 Å². The molecule has 9 heteroatoms. The second-order valence-electron chi connectivity index (χ2n) is 5.63. The minimum Gasteiger partial charge on any atom is -0.496 e. The van der Waals surface area contributed by atoms with Crippen LogP contribution in [0.5, 0.6) is 5.75 Å². The van der Waals surface area contributed by atoms with Gasteiger partial charge in [0.15, 0.2) is 5.82 Å². The average molecular weight is 421 g/mol. The summed E-state index contributed by atoms with van der Waals surface area (Å²) < 4.78 is 47.2. The highest BCUT2D eigenvalue weighted by Crippen LogP contribution is 2.35. The van der Waals surface area contributed by atoms with E-state index in [-0.39, 0.29) is 24.0 Å². The van der Waals surface area contributed by atoms with Crippen molar-refractivity contribution in [1.29, 1.82) is 0 Å². The number of halogens is 3. The topological polar surface area (TPSA) is 58.6 Å². The van der Waals surface area contributed by atoms with Gasteiger partial charge in [0.2, 0.25) is 10.0 Å². The van der Waals surface area contributed by atoms with Crippen LogP contribution in [-0.4, -0.2) is 39.5 Å². The van der Waals surface area contributed by atoms with Gasteiger partial charge in [-0.05, 0) is 18.2 Å². The maximum Gasteiger partial charge on any atom is 0.246 e. The molecule has 142 valence electrons. The fourth-order valence-corrected chi connectivity index (χ4v) is 4.91. The molecule has 1 N–H and O–H groups in total. The molecular weight excluding hydrogens is 402 g/mol. The Balaban J connectivity index is 0.00000243. The maximum absolute atomic E-state index is 14.3. The number of rotatable bonds is 4. The van der Waals surface area contributed by atoms with Gasteiger partial charge in [0.25, 0.3) is 0 Å². The summed E-state index contributed by atoms with van der Waals surface area (Å²) in [4.78, 5) is -0.415. The number of sulfonamides is 1. The molecule has 0 bridgehead atoms. The Morgan fingerprint density at radius 2 is 1.96 bits per heavy atom. The summed E-state index contributed by atoms with van der Waals surface area (Å²) in [6.07, 6.45) is 0. The second kappa shape index (κ2) is 8.54. The van der Waals surface area contributed by atoms with E-state index >= 15 is 0 Å². The smallest absolute Gasteiger partial charge is 0.246 e. The molecule has 0 saturated carbocycles. The molecule has 26 heavy (non-hydrogen) atoms. The molecule has 5 nitrogen and oxygen atoms in total. The molecule has 1 aliphatic rings. The molecule has 0 aliphatic carbocycles. The summed E-state index contributed by atoms with van der Waals surface area (Å²) in [5, 5.41) is 2.97. The molecule has 2 aromatic carbocycles. The SMILES string of the molecule is COc1ccccc1C1CNCCN1S(=O)(=O)c1cccc(Cl)c1F.Cl. The molecule has 1 saturated heterocycles. The number of ether oxygens (including phenoxy) is 1. The van der Waals surface area contributed by atoms with Gasteiger partial charge in [-0.1, -0.05) is 35.9 Å². The zero-order valence-corrected chi connectivity index (χ0v) is 16.4. The zero-order valence-electron chi connectivity index (χ0n) is 14.0. The van der Waals surface area contributed by atoms with Crippen molar-refractivity contribution >= 4 is 34.0 Å². The van der Waals surface area contributed by atoms with Crippen LogP contribution >= 0.6 is 24.0 Å². The predicted molar refractivity (Wildman–Crippen MR) is 101 cm³/mol. The van der Waals surface area contributed by atoms with E-state index < -0.39 is 26.8 Å². The molecule has 2 aromatic rings. The lowest BCUT2D eigenvalue weighted by atomic mass is 10.0. The average Bonchev–Trinajstić information content (AvgIpc) is 2.63. The molecule has 3 rings (SSSR count). The van der Waals surface area contributed by atoms with Crippen molar-refractivity contribution in [2.24, 2.45) is 0 Å². The van der Waals surface area contributed by atoms with Crippen molar-refractivity contribution in [3.63, 3.8) is 0 Å². The van der Waals surface area contributed by atoms with Crippen LogP contribution in [0.3, 0.4) is 0 Å². The van der Waals surface area contributed by atoms with Gasteiger partial charge in [-0.25, -0.2) is 12.8 Å². The van der Waals surface area contributed by atoms with Gasteiger partial charge < -0.3 is 10.1 Å². The monoisotopic (exact) mass is 420 g/mol. The summed E-state index contributed by atoms with van der Waals surface area (Å²) in [6.45, 7) is 1.10. The summed E-state index contributed by atoms with van der Waals surface area (Å²) in [5.41, 5.74) is 0.725. The third kappa shape index (κ3) is 3.82. The lowest BCUT2D eigenvalue weighted by Crippen LogP contribution is -2.48. The highest BCUT2D eigenvalue weighted by Gasteiger charge is 2.37. The third-order valence-corrected chi connectivity index (χ3v) is 6.41. The summed E-state index contributed by atoms with van der Waals surface area (Å²) in [6, 6.07) is 10.7. The van der Waals surface area contributed by atoms with E-state index in [1.165, 1.54) is 29.6 Å². The lowest BCUT2D eigenvalue weighted by molar-refractivity contribution is 0.264. The predicted octanol–water partition coefficient (Wildman–Crippen LogP) is 3.24. The van der Waals surface area contributed by atoms with Crippen LogP contribution in [0.4, 0.5) is 4.39 Å². The number of piperazine rings is 1. The Bertz CT molecular complexity index is 880. The van der Waals surface area contributed by atoms with Crippen molar-refractivity contribution in [1.82, 2.24) is 9.62 Å². The molecule has 1 fully saturated rings. The van der Waals surface area contributed by atoms with Gasteiger partial charge in [-0.3, -0.25) is 0 Å². The number of hydrogen-bond acceptors (Lipinski definition) is 4. The highest BCUT2D eigenvalue weighted by molar-refractivity contribution is 7.89. The standard InChI is InChI=1S/C17H18ClFN2O3S.ClH/c1-24-15-7-3-2-5-12(15)14-11-20-9-10-21(14)25(22,23)16-8-4-6-13(18)17(16)19;/h2-8,14,20H,9-11H2,1H3;1H. The molecule has 0 aromatic heterocycles. The summed E-state index contributed by atoms with van der Waals surface area (Å²) >= 11 is 5.77. The minimum absolute atomic E-state index is 0. The van der Waals surface area contributed by atoms with E-state index in [0.717, 1.165) is 5.56 Å². The van der Waals surface area contributed by atoms with Crippen molar-refractivity contribution in [3.05, 3.63) is 58.9 Å². The van der Waals surface area contributed by atoms with Gasteiger partial charge in [0.05, 0.1) is 18.2 Å². The van der Waals surface area contributed by atoms with E-state index in [0.29, 0.717) is 18.8 Å². The number of hydrogen-bond donors (Lipinski definition) is 1. The number of para-hydroxylation sites is 1. The number of methoxy groups -OCH3 is 1. The van der Waals surface area contributed by atoms with Gasteiger partial charge in [0.1, 0.15) is 10.6 Å². The third-order valence-electron chi connectivity index (χ3n) is 4.20. The Morgan fingerprint density at radius 3 is 2.69 bits per heavy atom. The summed E-state index contributed by atoms with van der Waals surface area (Å²) in [7, 11) is -2.53. The van der Waals surface area contributed by atoms with E-state index in [1.807, 2.05) is 18.2 Å². The molecule has 0 radical (unpaired) electrons. The van der Waals surface area contributed by atoms with Gasteiger partial charge in [-0.15, -0.1) is 12.4 Å². The molecular formula is C17H19Cl2FN2O3S. The van der Waals surface area contributed by atoms with Crippen LogP contribution < -0.4 is 10.1 Å². The van der Waals surface area contributed by atoms with E-state index in [9.17, 15) is 12.8 Å². The van der Waals surface area contributed by atoms with Crippen molar-refractivity contribution in [2.45, 2.75) is 10.9 Å². The van der Waals surface area contributed by atoms with Crippen molar-refractivity contribution in [3.8, 4) is 5.75 Å². The van der Waals surface area contributed by atoms with Gasteiger partial charge in [-0.2, -0.15) is 4.31 Å². The maximum atomic E-state index is 14.3. The highest BCUT2D eigenvalue weighted by atomic mass is 35.5. The quantitative estimate of drug-likeness (QED) is 0.824. The van der Waals surface area contributed by atoms with Crippen LogP contribution in [0.25, 0.3) is 0 Å². The normalized spacial score (nSPS) is 18.2. The Morgan fingerprint density at radius 1 is 1.23 bits per heavy atom. The largest absolute Gasteiger partial charge is 0.496 e. The van der Waals surface area contributed by atoms with Crippen LogP contribution in [-0.2, 0) is 10.0 Å². The molecule has 1 heterocycles. The van der Waals surface area contributed by atoms with Gasteiger partial charge >= 0.3 is 0 Å². The first-order valence-electron chi connectivity index (χ1n) is 7.76. The van der Waals surface area contributed by atoms with Crippen molar-refractivity contribution in [2.75, 3.05) is 26.7 Å². The lowest BCUT2D eigenvalue weighted by Gasteiger charge is -2.36. The molecule has 0 amide bonds. The Kier molecular flexibility index (Phi) is 6.87. The van der Waals surface area contributed by atoms with Crippen LogP contribution in [0.15, 0.2) is 47.4 Å². The first-order chi connectivity index (χ1) is 12.0. The number of nitrogens with zero attached hydrogens (tertiary/aromatic N) is 1. The fraction of sp³-hybridized carbons (Fsp3) is 0.294. The number of nitrogens with one attached hydrogen (secondary N) is 1. The Hall–Kier alpha value is -1.38. The van der Waals surface area contributed by atoms with Crippen LogP contribution in [0.2, 0.25) is 5.02 Å². The first-order valence-corrected chi connectivity index (χ1v) is 9.58.